The number of amides is 1. The zero-order valence-corrected chi connectivity index (χ0v) is 19.8. The first kappa shape index (κ1) is 23.1. The van der Waals surface area contributed by atoms with E-state index in [4.69, 9.17) is 9.84 Å². The molecule has 1 saturated heterocycles. The van der Waals surface area contributed by atoms with E-state index in [0.717, 1.165) is 22.3 Å². The van der Waals surface area contributed by atoms with E-state index in [2.05, 4.69) is 24.3 Å². The minimum absolute atomic E-state index is 0.0296. The first-order chi connectivity index (χ1) is 16.9. The van der Waals surface area contributed by atoms with Crippen molar-refractivity contribution in [2.75, 3.05) is 19.7 Å². The molecule has 3 aromatic carbocycles. The van der Waals surface area contributed by atoms with Crippen LogP contribution in [0.5, 0.6) is 0 Å². The van der Waals surface area contributed by atoms with Gasteiger partial charge in [-0.25, -0.2) is 18.0 Å². The second-order valence-electron chi connectivity index (χ2n) is 8.86. The van der Waals surface area contributed by atoms with Gasteiger partial charge in [0, 0.05) is 19.0 Å². The Morgan fingerprint density at radius 3 is 1.94 bits per heavy atom. The van der Waals surface area contributed by atoms with Gasteiger partial charge in [-0.05, 0) is 59.4 Å². The van der Waals surface area contributed by atoms with Crippen LogP contribution in [0.2, 0.25) is 0 Å². The Kier molecular flexibility index (Phi) is 6.06. The lowest BCUT2D eigenvalue weighted by Gasteiger charge is -2.31. The first-order valence-electron chi connectivity index (χ1n) is 11.5. The molecule has 3 aromatic rings. The van der Waals surface area contributed by atoms with Crippen molar-refractivity contribution in [3.05, 3.63) is 89.5 Å². The van der Waals surface area contributed by atoms with Gasteiger partial charge in [0.2, 0.25) is 0 Å². The number of fused-ring (bicyclic) bond motifs is 3. The number of aromatic carboxylic acids is 1. The lowest BCUT2D eigenvalue weighted by Crippen LogP contribution is -2.43. The van der Waals surface area contributed by atoms with E-state index >= 15 is 0 Å². The van der Waals surface area contributed by atoms with E-state index in [1.807, 2.05) is 24.3 Å². The number of hydrogen-bond acceptors (Lipinski definition) is 5. The standard InChI is InChI=1S/C27H25NO6S/c29-26(30)18-9-11-19(12-10-18)35(32,33)20-13-15-28(16-14-20)27(31)34-17-25-23-7-3-1-5-21(23)22-6-2-4-8-24(22)25/h1-12,20,25H,13-17H2,(H,29,30). The summed E-state index contributed by atoms with van der Waals surface area (Å²) >= 11 is 0. The van der Waals surface area contributed by atoms with Gasteiger partial charge in [-0.15, -0.1) is 0 Å². The van der Waals surface area contributed by atoms with Crippen molar-refractivity contribution < 1.29 is 27.9 Å². The highest BCUT2D eigenvalue weighted by Crippen LogP contribution is 2.44. The van der Waals surface area contributed by atoms with E-state index in [-0.39, 0.29) is 36.1 Å². The van der Waals surface area contributed by atoms with Gasteiger partial charge in [0.05, 0.1) is 15.7 Å². The average Bonchev–Trinajstić information content (AvgIpc) is 3.21. The van der Waals surface area contributed by atoms with Crippen molar-refractivity contribution in [2.24, 2.45) is 0 Å². The molecule has 2 aliphatic rings. The lowest BCUT2D eigenvalue weighted by atomic mass is 9.98. The maximum Gasteiger partial charge on any atom is 0.409 e. The lowest BCUT2D eigenvalue weighted by molar-refractivity contribution is 0.0696. The van der Waals surface area contributed by atoms with Crippen molar-refractivity contribution in [3.63, 3.8) is 0 Å². The third-order valence-corrected chi connectivity index (χ3v) is 9.18. The molecule has 1 aliphatic carbocycles. The van der Waals surface area contributed by atoms with Crippen molar-refractivity contribution in [1.29, 1.82) is 0 Å². The largest absolute Gasteiger partial charge is 0.478 e. The number of likely N-dealkylation sites (tertiary alicyclic amines) is 1. The Morgan fingerprint density at radius 2 is 1.40 bits per heavy atom. The van der Waals surface area contributed by atoms with Gasteiger partial charge >= 0.3 is 12.1 Å². The SMILES string of the molecule is O=C(O)c1ccc(S(=O)(=O)C2CCN(C(=O)OCC3c4ccccc4-c4ccccc43)CC2)cc1. The molecule has 1 aliphatic heterocycles. The fourth-order valence-corrected chi connectivity index (χ4v) is 6.75. The number of carboxylic acid groups (broad SMARTS) is 1. The molecule has 1 N–H and O–H groups in total. The van der Waals surface area contributed by atoms with Crippen LogP contribution in [0.1, 0.15) is 40.2 Å². The minimum atomic E-state index is -3.62. The van der Waals surface area contributed by atoms with Gasteiger partial charge in [-0.2, -0.15) is 0 Å². The van der Waals surface area contributed by atoms with Gasteiger partial charge < -0.3 is 14.7 Å². The normalized spacial score (nSPS) is 15.9. The predicted molar refractivity (Wildman–Crippen MR) is 130 cm³/mol. The Morgan fingerprint density at radius 1 is 0.857 bits per heavy atom. The predicted octanol–water partition coefficient (Wildman–Crippen LogP) is 4.57. The third-order valence-electron chi connectivity index (χ3n) is 6.90. The van der Waals surface area contributed by atoms with Crippen LogP contribution in [0.4, 0.5) is 4.79 Å². The first-order valence-corrected chi connectivity index (χ1v) is 13.1. The highest BCUT2D eigenvalue weighted by atomic mass is 32.2. The number of carboxylic acids is 1. The number of piperidine rings is 1. The molecule has 35 heavy (non-hydrogen) atoms. The summed E-state index contributed by atoms with van der Waals surface area (Å²) in [5, 5.41) is 8.39. The molecule has 1 heterocycles. The number of carbonyl (C=O) groups is 2. The minimum Gasteiger partial charge on any atom is -0.478 e. The molecule has 0 radical (unpaired) electrons. The van der Waals surface area contributed by atoms with Crippen LogP contribution < -0.4 is 0 Å². The van der Waals surface area contributed by atoms with Crippen LogP contribution in [-0.2, 0) is 14.6 Å². The molecular weight excluding hydrogens is 466 g/mol. The van der Waals surface area contributed by atoms with Gasteiger partial charge in [-0.3, -0.25) is 0 Å². The Labute approximate surface area is 203 Å². The molecule has 0 saturated carbocycles. The number of rotatable bonds is 5. The van der Waals surface area contributed by atoms with E-state index in [1.165, 1.54) is 24.3 Å². The summed E-state index contributed by atoms with van der Waals surface area (Å²) in [6, 6.07) is 21.5. The van der Waals surface area contributed by atoms with E-state index in [9.17, 15) is 18.0 Å². The molecule has 0 unspecified atom stereocenters. The molecule has 1 fully saturated rings. The molecule has 7 nitrogen and oxygen atoms in total. The Balaban J connectivity index is 1.21. The van der Waals surface area contributed by atoms with Crippen LogP contribution in [0.25, 0.3) is 11.1 Å². The van der Waals surface area contributed by atoms with Gasteiger partial charge in [0.1, 0.15) is 6.61 Å². The topological polar surface area (TPSA) is 101 Å². The third kappa shape index (κ3) is 4.30. The molecule has 0 atom stereocenters. The van der Waals surface area contributed by atoms with Gasteiger partial charge in [0.15, 0.2) is 9.84 Å². The van der Waals surface area contributed by atoms with Crippen LogP contribution in [-0.4, -0.2) is 55.4 Å². The number of benzene rings is 3. The van der Waals surface area contributed by atoms with Crippen molar-refractivity contribution in [2.45, 2.75) is 28.9 Å². The summed E-state index contributed by atoms with van der Waals surface area (Å²) in [5.74, 6) is -1.14. The van der Waals surface area contributed by atoms with Crippen LogP contribution in [0, 0.1) is 0 Å². The molecule has 0 spiro atoms. The van der Waals surface area contributed by atoms with E-state index in [0.29, 0.717) is 12.8 Å². The van der Waals surface area contributed by atoms with Crippen molar-refractivity contribution >= 4 is 21.9 Å². The highest BCUT2D eigenvalue weighted by molar-refractivity contribution is 7.92. The number of sulfone groups is 1. The molecule has 0 bridgehead atoms. The van der Waals surface area contributed by atoms with Crippen molar-refractivity contribution in [3.8, 4) is 11.1 Å². The van der Waals surface area contributed by atoms with Crippen LogP contribution in [0.3, 0.4) is 0 Å². The summed E-state index contributed by atoms with van der Waals surface area (Å²) in [6.07, 6.45) is 0.161. The fraction of sp³-hybridized carbons (Fsp3) is 0.259. The summed E-state index contributed by atoms with van der Waals surface area (Å²) in [4.78, 5) is 25.5. The summed E-state index contributed by atoms with van der Waals surface area (Å²) in [5.41, 5.74) is 4.63. The number of nitrogens with zero attached hydrogens (tertiary/aromatic N) is 1. The Bertz CT molecular complexity index is 1330. The second kappa shape index (κ2) is 9.19. The summed E-state index contributed by atoms with van der Waals surface area (Å²) in [6.45, 7) is 0.794. The van der Waals surface area contributed by atoms with Crippen molar-refractivity contribution in [1.82, 2.24) is 4.90 Å². The molecule has 8 heteroatoms. The van der Waals surface area contributed by atoms with E-state index in [1.54, 1.807) is 4.90 Å². The molecule has 1 amide bonds. The van der Waals surface area contributed by atoms with Gasteiger partial charge in [0.25, 0.3) is 0 Å². The number of ether oxygens (including phenoxy) is 1. The maximum atomic E-state index is 13.0. The Hall–Kier alpha value is -3.65. The molecular formula is C27H25NO6S. The quantitative estimate of drug-likeness (QED) is 0.561. The number of carbonyl (C=O) groups excluding carboxylic acids is 1. The number of hydrogen-bond donors (Lipinski definition) is 1. The molecule has 180 valence electrons. The monoisotopic (exact) mass is 491 g/mol. The summed E-state index contributed by atoms with van der Waals surface area (Å²) < 4.78 is 31.7. The summed E-state index contributed by atoms with van der Waals surface area (Å²) in [7, 11) is -3.62. The second-order valence-corrected chi connectivity index (χ2v) is 11.1. The van der Waals surface area contributed by atoms with Crippen LogP contribution >= 0.6 is 0 Å². The fourth-order valence-electron chi connectivity index (χ4n) is 5.01. The molecule has 5 rings (SSSR count). The van der Waals surface area contributed by atoms with Crippen LogP contribution in [0.15, 0.2) is 77.7 Å². The highest BCUT2D eigenvalue weighted by Gasteiger charge is 2.34. The van der Waals surface area contributed by atoms with E-state index < -0.39 is 27.1 Å². The van der Waals surface area contributed by atoms with Gasteiger partial charge in [-0.1, -0.05) is 48.5 Å². The zero-order chi connectivity index (χ0) is 24.6. The maximum absolute atomic E-state index is 13.0. The smallest absolute Gasteiger partial charge is 0.409 e. The zero-order valence-electron chi connectivity index (χ0n) is 19.0. The average molecular weight is 492 g/mol. The molecule has 0 aromatic heterocycles.